The zero-order valence-electron chi connectivity index (χ0n) is 10.9. The van der Waals surface area contributed by atoms with E-state index in [1.807, 2.05) is 31.2 Å². The third-order valence-corrected chi connectivity index (χ3v) is 3.38. The van der Waals surface area contributed by atoms with Crippen LogP contribution in [0.4, 0.5) is 5.82 Å². The Balaban J connectivity index is 1.77. The summed E-state index contributed by atoms with van der Waals surface area (Å²) in [4.78, 5) is 4.25. The second kappa shape index (κ2) is 5.50. The first-order valence-corrected chi connectivity index (χ1v) is 6.96. The summed E-state index contributed by atoms with van der Waals surface area (Å²) in [5, 5.41) is 10.3. The lowest BCUT2D eigenvalue weighted by Crippen LogP contribution is -2.01. The van der Waals surface area contributed by atoms with E-state index in [0.29, 0.717) is 6.54 Å². The van der Waals surface area contributed by atoms with Crippen molar-refractivity contribution in [2.24, 2.45) is 0 Å². The van der Waals surface area contributed by atoms with Crippen LogP contribution in [-0.2, 0) is 6.54 Å². The van der Waals surface area contributed by atoms with Crippen molar-refractivity contribution in [3.63, 3.8) is 0 Å². The van der Waals surface area contributed by atoms with Crippen molar-refractivity contribution >= 4 is 21.7 Å². The normalized spacial score (nSPS) is 10.7. The summed E-state index contributed by atoms with van der Waals surface area (Å²) in [6.45, 7) is 2.54. The summed E-state index contributed by atoms with van der Waals surface area (Å²) < 4.78 is 6.61. The number of nitrogens with one attached hydrogen (secondary N) is 2. The fourth-order valence-corrected chi connectivity index (χ4v) is 2.25. The molecule has 0 aliphatic rings. The molecular formula is C14H13BrN4O. The lowest BCUT2D eigenvalue weighted by atomic mass is 10.2. The minimum absolute atomic E-state index is 0.620. The number of rotatable bonds is 4. The maximum absolute atomic E-state index is 5.62. The molecule has 5 nitrogen and oxygen atoms in total. The minimum Gasteiger partial charge on any atom is -0.460 e. The Morgan fingerprint density at radius 1 is 1.35 bits per heavy atom. The van der Waals surface area contributed by atoms with Crippen molar-refractivity contribution in [3.05, 3.63) is 52.5 Å². The molecule has 0 saturated heterocycles. The Kier molecular flexibility index (Phi) is 3.56. The molecule has 2 N–H and O–H groups in total. The van der Waals surface area contributed by atoms with Gasteiger partial charge in [0.2, 0.25) is 0 Å². The van der Waals surface area contributed by atoms with Crippen molar-refractivity contribution in [2.75, 3.05) is 5.32 Å². The van der Waals surface area contributed by atoms with Gasteiger partial charge in [0.25, 0.3) is 0 Å². The van der Waals surface area contributed by atoms with Gasteiger partial charge in [-0.2, -0.15) is 5.10 Å². The van der Waals surface area contributed by atoms with Crippen molar-refractivity contribution in [1.82, 2.24) is 15.2 Å². The highest BCUT2D eigenvalue weighted by Gasteiger charge is 2.11. The highest BCUT2D eigenvalue weighted by atomic mass is 79.9. The van der Waals surface area contributed by atoms with Crippen LogP contribution >= 0.6 is 15.9 Å². The van der Waals surface area contributed by atoms with Crippen LogP contribution < -0.4 is 5.32 Å². The van der Waals surface area contributed by atoms with Gasteiger partial charge < -0.3 is 9.73 Å². The molecule has 3 heterocycles. The van der Waals surface area contributed by atoms with Crippen molar-refractivity contribution in [1.29, 1.82) is 0 Å². The van der Waals surface area contributed by atoms with E-state index in [9.17, 15) is 0 Å². The fourth-order valence-electron chi connectivity index (χ4n) is 1.91. The molecule has 0 aromatic carbocycles. The Hall–Kier alpha value is -2.08. The van der Waals surface area contributed by atoms with E-state index < -0.39 is 0 Å². The standard InChI is InChI=1S/C14H13BrN4O/c1-9-2-3-12(20-9)14-10(8-18-19-14)7-17-13-6-11(15)4-5-16-13/h2-6,8H,7H2,1H3,(H,16,17)(H,18,19). The molecule has 0 saturated carbocycles. The van der Waals surface area contributed by atoms with Gasteiger partial charge >= 0.3 is 0 Å². The van der Waals surface area contributed by atoms with Gasteiger partial charge in [0.15, 0.2) is 5.76 Å². The largest absolute Gasteiger partial charge is 0.460 e. The monoisotopic (exact) mass is 332 g/mol. The van der Waals surface area contributed by atoms with E-state index in [0.717, 1.165) is 33.1 Å². The zero-order valence-corrected chi connectivity index (χ0v) is 12.4. The van der Waals surface area contributed by atoms with E-state index in [1.54, 1.807) is 12.4 Å². The van der Waals surface area contributed by atoms with Crippen molar-refractivity contribution in [3.8, 4) is 11.5 Å². The van der Waals surface area contributed by atoms with Crippen LogP contribution in [-0.4, -0.2) is 15.2 Å². The van der Waals surface area contributed by atoms with E-state index in [1.165, 1.54) is 0 Å². The summed E-state index contributed by atoms with van der Waals surface area (Å²) in [6.07, 6.45) is 3.54. The summed E-state index contributed by atoms with van der Waals surface area (Å²) in [5.41, 5.74) is 1.92. The Morgan fingerprint density at radius 3 is 3.00 bits per heavy atom. The van der Waals surface area contributed by atoms with Gasteiger partial charge in [-0.1, -0.05) is 15.9 Å². The van der Waals surface area contributed by atoms with Gasteiger partial charge in [-0.25, -0.2) is 4.98 Å². The van der Waals surface area contributed by atoms with Gasteiger partial charge in [-0.05, 0) is 31.2 Å². The number of furan rings is 1. The maximum Gasteiger partial charge on any atom is 0.152 e. The molecule has 102 valence electrons. The fraction of sp³-hybridized carbons (Fsp3) is 0.143. The number of H-pyrrole nitrogens is 1. The first-order valence-electron chi connectivity index (χ1n) is 6.17. The SMILES string of the molecule is Cc1ccc(-c2[nH]ncc2CNc2cc(Br)ccn2)o1. The number of anilines is 1. The third-order valence-electron chi connectivity index (χ3n) is 2.89. The molecule has 6 heteroatoms. The average Bonchev–Trinajstić information content (AvgIpc) is 3.04. The van der Waals surface area contributed by atoms with Crippen molar-refractivity contribution in [2.45, 2.75) is 13.5 Å². The molecule has 0 unspecified atom stereocenters. The molecule has 20 heavy (non-hydrogen) atoms. The Labute approximate surface area is 124 Å². The first-order chi connectivity index (χ1) is 9.72. The minimum atomic E-state index is 0.620. The number of aromatic amines is 1. The summed E-state index contributed by atoms with van der Waals surface area (Å²) >= 11 is 3.42. The quantitative estimate of drug-likeness (QED) is 0.763. The second-order valence-corrected chi connectivity index (χ2v) is 5.31. The van der Waals surface area contributed by atoms with Gasteiger partial charge in [0.05, 0.1) is 6.20 Å². The molecule has 0 amide bonds. The zero-order chi connectivity index (χ0) is 13.9. The molecular weight excluding hydrogens is 320 g/mol. The summed E-state index contributed by atoms with van der Waals surface area (Å²) in [6, 6.07) is 7.68. The highest BCUT2D eigenvalue weighted by molar-refractivity contribution is 9.10. The van der Waals surface area contributed by atoms with Gasteiger partial charge in [0.1, 0.15) is 17.3 Å². The number of halogens is 1. The van der Waals surface area contributed by atoms with Gasteiger partial charge in [-0.15, -0.1) is 0 Å². The Morgan fingerprint density at radius 2 is 2.25 bits per heavy atom. The molecule has 3 rings (SSSR count). The Bertz CT molecular complexity index is 719. The van der Waals surface area contributed by atoms with Crippen LogP contribution in [0.2, 0.25) is 0 Å². The topological polar surface area (TPSA) is 66.7 Å². The van der Waals surface area contributed by atoms with Crippen LogP contribution in [0.25, 0.3) is 11.5 Å². The number of nitrogens with zero attached hydrogens (tertiary/aromatic N) is 2. The molecule has 3 aromatic rings. The predicted molar refractivity (Wildman–Crippen MR) is 80.3 cm³/mol. The number of pyridine rings is 1. The van der Waals surface area contributed by atoms with Crippen LogP contribution in [0.15, 0.2) is 45.5 Å². The van der Waals surface area contributed by atoms with Crippen LogP contribution in [0.5, 0.6) is 0 Å². The number of hydrogen-bond acceptors (Lipinski definition) is 4. The van der Waals surface area contributed by atoms with Crippen LogP contribution in [0, 0.1) is 6.92 Å². The highest BCUT2D eigenvalue weighted by Crippen LogP contribution is 2.24. The molecule has 0 atom stereocenters. The molecule has 0 fully saturated rings. The smallest absolute Gasteiger partial charge is 0.152 e. The lowest BCUT2D eigenvalue weighted by molar-refractivity contribution is 0.545. The van der Waals surface area contributed by atoms with E-state index in [2.05, 4.69) is 36.4 Å². The molecule has 0 aliphatic heterocycles. The van der Waals surface area contributed by atoms with Crippen molar-refractivity contribution < 1.29 is 4.42 Å². The van der Waals surface area contributed by atoms with Gasteiger partial charge in [0, 0.05) is 22.8 Å². The third kappa shape index (κ3) is 2.75. The van der Waals surface area contributed by atoms with Gasteiger partial charge in [-0.3, -0.25) is 5.10 Å². The molecule has 3 aromatic heterocycles. The summed E-state index contributed by atoms with van der Waals surface area (Å²) in [7, 11) is 0. The summed E-state index contributed by atoms with van der Waals surface area (Å²) in [5.74, 6) is 2.48. The maximum atomic E-state index is 5.62. The predicted octanol–water partition coefficient (Wildman–Crippen LogP) is 3.75. The van der Waals surface area contributed by atoms with Crippen LogP contribution in [0.3, 0.4) is 0 Å². The number of hydrogen-bond donors (Lipinski definition) is 2. The first kappa shape index (κ1) is 12.9. The lowest BCUT2D eigenvalue weighted by Gasteiger charge is -2.05. The van der Waals surface area contributed by atoms with E-state index >= 15 is 0 Å². The molecule has 0 radical (unpaired) electrons. The van der Waals surface area contributed by atoms with E-state index in [-0.39, 0.29) is 0 Å². The average molecular weight is 333 g/mol. The molecule has 0 bridgehead atoms. The van der Waals surface area contributed by atoms with E-state index in [4.69, 9.17) is 4.42 Å². The van der Waals surface area contributed by atoms with Crippen LogP contribution in [0.1, 0.15) is 11.3 Å². The number of aryl methyl sites for hydroxylation is 1. The number of aromatic nitrogens is 3. The second-order valence-electron chi connectivity index (χ2n) is 4.39. The molecule has 0 spiro atoms. The molecule has 0 aliphatic carbocycles.